The van der Waals surface area contributed by atoms with E-state index in [0.717, 1.165) is 11.1 Å². The van der Waals surface area contributed by atoms with E-state index in [4.69, 9.17) is 0 Å². The Morgan fingerprint density at radius 2 is 1.63 bits per heavy atom. The van der Waals surface area contributed by atoms with Gasteiger partial charge in [-0.25, -0.2) is 0 Å². The van der Waals surface area contributed by atoms with Crippen LogP contribution in [0.5, 0.6) is 0 Å². The molecule has 1 aromatic carbocycles. The Morgan fingerprint density at radius 3 is 2.19 bits per heavy atom. The van der Waals surface area contributed by atoms with Crippen LogP contribution in [0.25, 0.3) is 0 Å². The Kier molecular flexibility index (Phi) is 5.82. The number of hydrogen-bond acceptors (Lipinski definition) is 3. The van der Waals surface area contributed by atoms with Crippen molar-refractivity contribution in [2.24, 2.45) is 5.92 Å². The van der Waals surface area contributed by atoms with Crippen LogP contribution in [0.4, 0.5) is 0 Å². The fourth-order valence-electron chi connectivity index (χ4n) is 4.24. The van der Waals surface area contributed by atoms with Crippen LogP contribution in [-0.4, -0.2) is 65.1 Å². The maximum absolute atomic E-state index is 13.3. The largest absolute Gasteiger partial charge is 0.339 e. The van der Waals surface area contributed by atoms with E-state index in [-0.39, 0.29) is 29.7 Å². The number of piperazine rings is 1. The van der Waals surface area contributed by atoms with Crippen molar-refractivity contribution < 1.29 is 14.4 Å². The van der Waals surface area contributed by atoms with Crippen molar-refractivity contribution in [2.75, 3.05) is 32.7 Å². The molecule has 2 saturated heterocycles. The summed E-state index contributed by atoms with van der Waals surface area (Å²) in [6.45, 7) is 8.46. The van der Waals surface area contributed by atoms with Crippen molar-refractivity contribution in [2.45, 2.75) is 39.7 Å². The molecule has 2 aliphatic heterocycles. The molecule has 0 saturated carbocycles. The third-order valence-electron chi connectivity index (χ3n) is 5.82. The van der Waals surface area contributed by atoms with Crippen molar-refractivity contribution in [3.05, 3.63) is 35.4 Å². The predicted octanol–water partition coefficient (Wildman–Crippen LogP) is 1.99. The molecule has 0 bridgehead atoms. The minimum absolute atomic E-state index is 0.0556. The Labute approximate surface area is 161 Å². The number of rotatable bonds is 3. The zero-order valence-corrected chi connectivity index (χ0v) is 16.5. The van der Waals surface area contributed by atoms with Crippen molar-refractivity contribution >= 4 is 17.7 Å². The molecule has 2 atom stereocenters. The van der Waals surface area contributed by atoms with Crippen LogP contribution in [0.2, 0.25) is 0 Å². The number of carbonyl (C=O) groups excluding carboxylic acids is 3. The molecule has 2 aliphatic rings. The molecule has 0 radical (unpaired) electrons. The molecule has 0 N–H and O–H groups in total. The molecule has 0 aromatic heterocycles. The molecule has 27 heavy (non-hydrogen) atoms. The molecule has 6 heteroatoms. The number of benzene rings is 1. The van der Waals surface area contributed by atoms with Crippen LogP contribution < -0.4 is 0 Å². The van der Waals surface area contributed by atoms with E-state index in [1.807, 2.05) is 47.9 Å². The van der Waals surface area contributed by atoms with E-state index in [0.29, 0.717) is 45.6 Å². The molecule has 3 rings (SSSR count). The van der Waals surface area contributed by atoms with Gasteiger partial charge in [0.05, 0.1) is 12.0 Å². The fraction of sp³-hybridized carbons (Fsp3) is 0.571. The summed E-state index contributed by atoms with van der Waals surface area (Å²) in [6.07, 6.45) is 1.000. The quantitative estimate of drug-likeness (QED) is 0.816. The predicted molar refractivity (Wildman–Crippen MR) is 103 cm³/mol. The molecule has 2 heterocycles. The highest BCUT2D eigenvalue weighted by Crippen LogP contribution is 2.38. The normalized spacial score (nSPS) is 23.5. The Hall–Kier alpha value is -2.37. The Morgan fingerprint density at radius 1 is 1.04 bits per heavy atom. The van der Waals surface area contributed by atoms with Gasteiger partial charge in [-0.05, 0) is 25.8 Å². The minimum Gasteiger partial charge on any atom is -0.339 e. The lowest BCUT2D eigenvalue weighted by Crippen LogP contribution is -2.54. The van der Waals surface area contributed by atoms with E-state index < -0.39 is 0 Å². The van der Waals surface area contributed by atoms with Crippen LogP contribution in [0.15, 0.2) is 24.3 Å². The van der Waals surface area contributed by atoms with Crippen LogP contribution >= 0.6 is 0 Å². The van der Waals surface area contributed by atoms with E-state index >= 15 is 0 Å². The summed E-state index contributed by atoms with van der Waals surface area (Å²) in [7, 11) is 0. The van der Waals surface area contributed by atoms with Gasteiger partial charge < -0.3 is 14.7 Å². The number of amides is 3. The zero-order chi connectivity index (χ0) is 19.6. The minimum atomic E-state index is -0.228. The first kappa shape index (κ1) is 19.4. The van der Waals surface area contributed by atoms with Crippen LogP contribution in [0, 0.1) is 12.8 Å². The van der Waals surface area contributed by atoms with Crippen molar-refractivity contribution in [3.63, 3.8) is 0 Å². The lowest BCUT2D eigenvalue weighted by Gasteiger charge is -2.43. The molecule has 0 spiro atoms. The molecular formula is C21H29N3O3. The first-order valence-corrected chi connectivity index (χ1v) is 9.82. The second-order valence-corrected chi connectivity index (χ2v) is 7.51. The first-order chi connectivity index (χ1) is 12.9. The maximum atomic E-state index is 13.3. The lowest BCUT2D eigenvalue weighted by atomic mass is 9.83. The lowest BCUT2D eigenvalue weighted by molar-refractivity contribution is -0.150. The molecular weight excluding hydrogens is 342 g/mol. The molecule has 2 fully saturated rings. The maximum Gasteiger partial charge on any atom is 0.228 e. The van der Waals surface area contributed by atoms with Gasteiger partial charge in [-0.1, -0.05) is 29.8 Å². The summed E-state index contributed by atoms with van der Waals surface area (Å²) in [5, 5.41) is 0. The van der Waals surface area contributed by atoms with Gasteiger partial charge in [0, 0.05) is 46.1 Å². The van der Waals surface area contributed by atoms with Crippen molar-refractivity contribution in [1.82, 2.24) is 14.7 Å². The first-order valence-electron chi connectivity index (χ1n) is 9.82. The van der Waals surface area contributed by atoms with Crippen molar-refractivity contribution in [3.8, 4) is 0 Å². The van der Waals surface area contributed by atoms with Crippen LogP contribution in [0.3, 0.4) is 0 Å². The number of carbonyl (C=O) groups is 3. The number of hydrogen-bond donors (Lipinski definition) is 0. The summed E-state index contributed by atoms with van der Waals surface area (Å²) in [4.78, 5) is 42.9. The van der Waals surface area contributed by atoms with Crippen LogP contribution in [-0.2, 0) is 14.4 Å². The standard InChI is InChI=1S/C21H29N3O3/c1-4-24-19(26)10-9-18(20(24)17-7-5-15(2)6-8-17)21(27)23-13-11-22(12-14-23)16(3)25/h5-8,18,20H,4,9-14H2,1-3H3/t18-,20+/m1/s1. The molecule has 1 aromatic rings. The Balaban J connectivity index is 1.83. The third-order valence-corrected chi connectivity index (χ3v) is 5.82. The van der Waals surface area contributed by atoms with Crippen LogP contribution in [0.1, 0.15) is 43.9 Å². The SMILES string of the molecule is CCN1C(=O)CC[C@@H](C(=O)N2CCN(C(C)=O)CC2)[C@@H]1c1ccc(C)cc1. The molecule has 3 amide bonds. The van der Waals surface area contributed by atoms with Gasteiger partial charge in [-0.2, -0.15) is 0 Å². The number of nitrogens with zero attached hydrogens (tertiary/aromatic N) is 3. The highest BCUT2D eigenvalue weighted by Gasteiger charge is 2.42. The summed E-state index contributed by atoms with van der Waals surface area (Å²) >= 11 is 0. The highest BCUT2D eigenvalue weighted by atomic mass is 16.2. The average Bonchev–Trinajstić information content (AvgIpc) is 2.68. The molecule has 0 unspecified atom stereocenters. The second-order valence-electron chi connectivity index (χ2n) is 7.51. The van der Waals surface area contributed by atoms with Gasteiger partial charge in [-0.3, -0.25) is 14.4 Å². The van der Waals surface area contributed by atoms with Gasteiger partial charge >= 0.3 is 0 Å². The van der Waals surface area contributed by atoms with Gasteiger partial charge in [0.2, 0.25) is 17.7 Å². The van der Waals surface area contributed by atoms with E-state index in [1.54, 1.807) is 11.8 Å². The number of aryl methyl sites for hydroxylation is 1. The summed E-state index contributed by atoms with van der Waals surface area (Å²) in [6, 6.07) is 7.94. The van der Waals surface area contributed by atoms with Crippen molar-refractivity contribution in [1.29, 1.82) is 0 Å². The smallest absolute Gasteiger partial charge is 0.228 e. The highest BCUT2D eigenvalue weighted by molar-refractivity contribution is 5.85. The molecule has 0 aliphatic carbocycles. The van der Waals surface area contributed by atoms with Gasteiger partial charge in [0.25, 0.3) is 0 Å². The van der Waals surface area contributed by atoms with Gasteiger partial charge in [0.1, 0.15) is 0 Å². The topological polar surface area (TPSA) is 60.9 Å². The van der Waals surface area contributed by atoms with E-state index in [9.17, 15) is 14.4 Å². The third kappa shape index (κ3) is 3.99. The van der Waals surface area contributed by atoms with E-state index in [2.05, 4.69) is 0 Å². The summed E-state index contributed by atoms with van der Waals surface area (Å²) in [5.41, 5.74) is 2.18. The summed E-state index contributed by atoms with van der Waals surface area (Å²) in [5.74, 6) is 0.0533. The van der Waals surface area contributed by atoms with Gasteiger partial charge in [0.15, 0.2) is 0 Å². The zero-order valence-electron chi connectivity index (χ0n) is 16.5. The number of likely N-dealkylation sites (tertiary alicyclic amines) is 1. The Bertz CT molecular complexity index is 708. The van der Waals surface area contributed by atoms with E-state index in [1.165, 1.54) is 0 Å². The molecule has 146 valence electrons. The fourth-order valence-corrected chi connectivity index (χ4v) is 4.24. The van der Waals surface area contributed by atoms with Gasteiger partial charge in [-0.15, -0.1) is 0 Å². The summed E-state index contributed by atoms with van der Waals surface area (Å²) < 4.78 is 0. The second kappa shape index (κ2) is 8.11. The molecule has 6 nitrogen and oxygen atoms in total. The monoisotopic (exact) mass is 371 g/mol. The number of piperidine rings is 1. The average molecular weight is 371 g/mol.